The maximum atomic E-state index is 12.2. The number of thiazole rings is 1. The lowest BCUT2D eigenvalue weighted by Crippen LogP contribution is -2.12. The van der Waals surface area contributed by atoms with Crippen LogP contribution in [0.4, 0.5) is 11.5 Å². The number of halogens is 1. The minimum Gasteiger partial charge on any atom is -0.482 e. The minimum absolute atomic E-state index is 0.239. The zero-order valence-corrected chi connectivity index (χ0v) is 15.8. The fourth-order valence-electron chi connectivity index (χ4n) is 2.30. The number of aromatic nitrogens is 2. The van der Waals surface area contributed by atoms with Crippen molar-refractivity contribution in [1.82, 2.24) is 9.97 Å². The molecule has 1 unspecified atom stereocenters. The molecule has 0 radical (unpaired) electrons. The van der Waals surface area contributed by atoms with E-state index in [0.29, 0.717) is 21.5 Å². The average Bonchev–Trinajstić information content (AvgIpc) is 3.05. The number of nitrogens with two attached hydrogens (primary N) is 1. The van der Waals surface area contributed by atoms with Crippen LogP contribution in [0.15, 0.2) is 42.7 Å². The smallest absolute Gasteiger partial charge is 0.284 e. The van der Waals surface area contributed by atoms with Crippen molar-refractivity contribution < 1.29 is 9.53 Å². The molecule has 0 bridgehead atoms. The van der Waals surface area contributed by atoms with E-state index in [9.17, 15) is 4.79 Å². The van der Waals surface area contributed by atoms with E-state index < -0.39 is 0 Å². The molecule has 26 heavy (non-hydrogen) atoms. The number of ether oxygens (including phenoxy) is 1. The number of rotatable bonds is 5. The fourth-order valence-corrected chi connectivity index (χ4v) is 3.11. The van der Waals surface area contributed by atoms with Crippen LogP contribution in [0.5, 0.6) is 5.75 Å². The van der Waals surface area contributed by atoms with Crippen LogP contribution in [0.3, 0.4) is 0 Å². The highest BCUT2D eigenvalue weighted by Gasteiger charge is 2.14. The normalized spacial score (nSPS) is 11.8. The van der Waals surface area contributed by atoms with Crippen LogP contribution in [0.2, 0.25) is 5.02 Å². The lowest BCUT2D eigenvalue weighted by molar-refractivity contribution is 0.102. The summed E-state index contributed by atoms with van der Waals surface area (Å²) in [6, 6.07) is 9.03. The van der Waals surface area contributed by atoms with E-state index in [0.717, 1.165) is 10.4 Å². The molecule has 3 aromatic rings. The predicted molar refractivity (Wildman–Crippen MR) is 104 cm³/mol. The molecular weight excluding hydrogens is 372 g/mol. The number of hydrogen-bond acceptors (Lipinski definition) is 6. The van der Waals surface area contributed by atoms with E-state index in [2.05, 4.69) is 15.3 Å². The maximum Gasteiger partial charge on any atom is 0.284 e. The van der Waals surface area contributed by atoms with Crippen molar-refractivity contribution in [2.75, 3.05) is 11.1 Å². The van der Waals surface area contributed by atoms with Gasteiger partial charge in [-0.25, -0.2) is 9.97 Å². The van der Waals surface area contributed by atoms with Crippen molar-refractivity contribution in [2.45, 2.75) is 20.0 Å². The Kier molecular flexibility index (Phi) is 5.39. The summed E-state index contributed by atoms with van der Waals surface area (Å²) in [5.74, 6) is 0.444. The van der Waals surface area contributed by atoms with Crippen LogP contribution >= 0.6 is 22.9 Å². The van der Waals surface area contributed by atoms with Crippen LogP contribution in [-0.2, 0) is 0 Å². The summed E-state index contributed by atoms with van der Waals surface area (Å²) >= 11 is 7.29. The minimum atomic E-state index is -0.309. The van der Waals surface area contributed by atoms with Gasteiger partial charge in [0.05, 0.1) is 5.02 Å². The van der Waals surface area contributed by atoms with Crippen LogP contribution in [0.25, 0.3) is 0 Å². The van der Waals surface area contributed by atoms with Gasteiger partial charge in [0.25, 0.3) is 5.91 Å². The van der Waals surface area contributed by atoms with E-state index in [-0.39, 0.29) is 17.8 Å². The van der Waals surface area contributed by atoms with Gasteiger partial charge in [0.15, 0.2) is 16.6 Å². The van der Waals surface area contributed by atoms with E-state index in [1.807, 2.05) is 38.1 Å². The Morgan fingerprint density at radius 2 is 2.12 bits per heavy atom. The summed E-state index contributed by atoms with van der Waals surface area (Å²) in [5, 5.41) is 3.72. The van der Waals surface area contributed by atoms with Crippen LogP contribution < -0.4 is 15.8 Å². The zero-order valence-electron chi connectivity index (χ0n) is 14.2. The third-order valence-corrected chi connectivity index (χ3v) is 4.70. The van der Waals surface area contributed by atoms with Gasteiger partial charge in [-0.3, -0.25) is 4.79 Å². The number of pyridine rings is 1. The molecule has 8 heteroatoms. The topological polar surface area (TPSA) is 90.1 Å². The highest BCUT2D eigenvalue weighted by Crippen LogP contribution is 2.29. The second kappa shape index (κ2) is 7.72. The summed E-state index contributed by atoms with van der Waals surface area (Å²) in [6.07, 6.45) is 2.83. The molecule has 1 atom stereocenters. The summed E-state index contributed by atoms with van der Waals surface area (Å²) in [5.41, 5.74) is 7.35. The quantitative estimate of drug-likeness (QED) is 0.672. The molecule has 1 amide bonds. The second-order valence-electron chi connectivity index (χ2n) is 5.65. The number of anilines is 2. The van der Waals surface area contributed by atoms with E-state index in [1.165, 1.54) is 17.5 Å². The van der Waals surface area contributed by atoms with E-state index in [4.69, 9.17) is 22.1 Å². The first-order valence-electron chi connectivity index (χ1n) is 7.84. The molecule has 134 valence electrons. The van der Waals surface area contributed by atoms with E-state index in [1.54, 1.807) is 12.3 Å². The molecule has 3 N–H and O–H groups in total. The van der Waals surface area contributed by atoms with Crippen LogP contribution in [0.1, 0.15) is 33.3 Å². The number of aryl methyl sites for hydroxylation is 1. The third kappa shape index (κ3) is 4.30. The Morgan fingerprint density at radius 1 is 1.31 bits per heavy atom. The molecule has 2 heterocycles. The lowest BCUT2D eigenvalue weighted by Gasteiger charge is -2.17. The Morgan fingerprint density at radius 3 is 2.85 bits per heavy atom. The average molecular weight is 389 g/mol. The number of amides is 1. The largest absolute Gasteiger partial charge is 0.482 e. The van der Waals surface area contributed by atoms with Gasteiger partial charge in [0.2, 0.25) is 0 Å². The van der Waals surface area contributed by atoms with Crippen molar-refractivity contribution in [2.24, 2.45) is 0 Å². The first-order valence-corrected chi connectivity index (χ1v) is 9.03. The molecule has 0 saturated heterocycles. The van der Waals surface area contributed by atoms with Crippen molar-refractivity contribution in [3.05, 3.63) is 63.2 Å². The van der Waals surface area contributed by atoms with Crippen LogP contribution in [-0.4, -0.2) is 15.9 Å². The van der Waals surface area contributed by atoms with Gasteiger partial charge >= 0.3 is 0 Å². The number of carbonyl (C=O) groups is 1. The highest BCUT2D eigenvalue weighted by atomic mass is 35.5. The molecule has 0 saturated carbocycles. The van der Waals surface area contributed by atoms with Gasteiger partial charge in [0.1, 0.15) is 6.10 Å². The zero-order chi connectivity index (χ0) is 18.7. The standard InChI is InChI=1S/C18H17ClN4O2S/c1-10-8-22-18(26-10)17(24)23-14-5-3-4-12(6-14)11(2)25-15-7-13(19)9-21-16(15)20/h3-9,11H,1-2H3,(H2,20,21)(H,23,24). The van der Waals surface area contributed by atoms with Crippen molar-refractivity contribution in [3.63, 3.8) is 0 Å². The molecule has 3 rings (SSSR count). The second-order valence-corrected chi connectivity index (χ2v) is 7.32. The summed E-state index contributed by atoms with van der Waals surface area (Å²) in [4.78, 5) is 21.3. The first-order chi connectivity index (χ1) is 12.4. The van der Waals surface area contributed by atoms with Gasteiger partial charge < -0.3 is 15.8 Å². The van der Waals surface area contributed by atoms with Crippen molar-refractivity contribution >= 4 is 40.4 Å². The van der Waals surface area contributed by atoms with Crippen molar-refractivity contribution in [1.29, 1.82) is 0 Å². The van der Waals surface area contributed by atoms with Gasteiger partial charge in [-0.2, -0.15) is 0 Å². The molecule has 0 aliphatic rings. The fraction of sp³-hybridized carbons (Fsp3) is 0.167. The maximum absolute atomic E-state index is 12.2. The number of nitrogens with zero attached hydrogens (tertiary/aromatic N) is 2. The summed E-state index contributed by atoms with van der Waals surface area (Å²) < 4.78 is 5.87. The predicted octanol–water partition coefficient (Wildman–Crippen LogP) is 4.47. The Balaban J connectivity index is 1.74. The van der Waals surface area contributed by atoms with Gasteiger partial charge in [0, 0.05) is 29.0 Å². The molecule has 0 aliphatic heterocycles. The highest BCUT2D eigenvalue weighted by molar-refractivity contribution is 7.13. The lowest BCUT2D eigenvalue weighted by atomic mass is 10.1. The molecule has 0 fully saturated rings. The van der Waals surface area contributed by atoms with Gasteiger partial charge in [-0.05, 0) is 31.5 Å². The number of carbonyl (C=O) groups excluding carboxylic acids is 1. The number of hydrogen-bond donors (Lipinski definition) is 2. The number of nitrogen functional groups attached to an aromatic ring is 1. The summed E-state index contributed by atoms with van der Waals surface area (Å²) in [6.45, 7) is 3.79. The number of benzene rings is 1. The monoisotopic (exact) mass is 388 g/mol. The molecular formula is C18H17ClN4O2S. The van der Waals surface area contributed by atoms with Crippen molar-refractivity contribution in [3.8, 4) is 5.75 Å². The van der Waals surface area contributed by atoms with E-state index >= 15 is 0 Å². The Bertz CT molecular complexity index is 944. The van der Waals surface area contributed by atoms with Crippen LogP contribution in [0, 0.1) is 6.92 Å². The number of nitrogens with one attached hydrogen (secondary N) is 1. The molecule has 6 nitrogen and oxygen atoms in total. The molecule has 0 aliphatic carbocycles. The van der Waals surface area contributed by atoms with Gasteiger partial charge in [-0.15, -0.1) is 11.3 Å². The molecule has 1 aromatic carbocycles. The SMILES string of the molecule is Cc1cnc(C(=O)Nc2cccc(C(C)Oc3cc(Cl)cnc3N)c2)s1. The molecule has 0 spiro atoms. The Hall–Kier alpha value is -2.64. The molecule has 2 aromatic heterocycles. The Labute approximate surface area is 160 Å². The first kappa shape index (κ1) is 18.2. The summed E-state index contributed by atoms with van der Waals surface area (Å²) in [7, 11) is 0. The third-order valence-electron chi connectivity index (χ3n) is 3.58. The van der Waals surface area contributed by atoms with Gasteiger partial charge in [-0.1, -0.05) is 23.7 Å².